The number of imidazole rings is 1. The van der Waals surface area contributed by atoms with E-state index in [9.17, 15) is 17.6 Å². The highest BCUT2D eigenvalue weighted by Gasteiger charge is 2.12. The molecule has 6 nitrogen and oxygen atoms in total. The molecule has 25 heavy (non-hydrogen) atoms. The summed E-state index contributed by atoms with van der Waals surface area (Å²) in [7, 11) is 1.50. The van der Waals surface area contributed by atoms with Crippen LogP contribution in [0.4, 0.5) is 17.6 Å². The van der Waals surface area contributed by atoms with E-state index >= 15 is 0 Å². The number of hydrogen-bond donors (Lipinski definition) is 2. The van der Waals surface area contributed by atoms with Crippen molar-refractivity contribution in [2.75, 3.05) is 7.05 Å². The molecule has 0 saturated carbocycles. The highest BCUT2D eigenvalue weighted by molar-refractivity contribution is 5.79. The number of alkyl halides is 4. The van der Waals surface area contributed by atoms with Crippen LogP contribution in [0.15, 0.2) is 41.7 Å². The zero-order chi connectivity index (χ0) is 18.2. The monoisotopic (exact) mass is 359 g/mol. The summed E-state index contributed by atoms with van der Waals surface area (Å²) in [5.41, 5.74) is 0.500. The van der Waals surface area contributed by atoms with Crippen molar-refractivity contribution in [3.05, 3.63) is 48.0 Å². The van der Waals surface area contributed by atoms with Crippen molar-refractivity contribution >= 4 is 5.96 Å². The van der Waals surface area contributed by atoms with Crippen molar-refractivity contribution in [3.8, 4) is 5.75 Å². The molecule has 1 aromatic carbocycles. The molecule has 0 aliphatic heterocycles. The lowest BCUT2D eigenvalue weighted by atomic mass is 10.2. The number of benzene rings is 1. The Morgan fingerprint density at radius 2 is 1.92 bits per heavy atom. The molecular weight excluding hydrogens is 342 g/mol. The second-order valence-corrected chi connectivity index (χ2v) is 4.79. The van der Waals surface area contributed by atoms with Gasteiger partial charge in [-0.05, 0) is 6.07 Å². The quantitative estimate of drug-likeness (QED) is 0.453. The summed E-state index contributed by atoms with van der Waals surface area (Å²) in [6, 6.07) is 6.32. The third-order valence-electron chi connectivity index (χ3n) is 3.23. The normalized spacial score (nSPS) is 11.9. The number of ether oxygens (including phenoxy) is 1. The van der Waals surface area contributed by atoms with Crippen LogP contribution in [0, 0.1) is 0 Å². The minimum Gasteiger partial charge on any atom is -0.434 e. The third-order valence-corrected chi connectivity index (χ3v) is 3.23. The summed E-state index contributed by atoms with van der Waals surface area (Å²) in [6.45, 7) is -5.43. The summed E-state index contributed by atoms with van der Waals surface area (Å²) in [5.74, 6) is 0.490. The summed E-state index contributed by atoms with van der Waals surface area (Å²) in [5, 5.41) is 5.73. The van der Waals surface area contributed by atoms with Crippen LogP contribution in [0.25, 0.3) is 0 Å². The molecule has 10 heteroatoms. The van der Waals surface area contributed by atoms with Crippen molar-refractivity contribution in [2.45, 2.75) is 26.3 Å². The van der Waals surface area contributed by atoms with E-state index in [-0.39, 0.29) is 24.7 Å². The molecule has 1 heterocycles. The number of nitrogens with one attached hydrogen (secondary N) is 2. The van der Waals surface area contributed by atoms with E-state index in [0.717, 1.165) is 4.57 Å². The number of aromatic nitrogens is 2. The molecule has 0 spiro atoms. The number of aliphatic imine (C=N–C) groups is 1. The summed E-state index contributed by atoms with van der Waals surface area (Å²) >= 11 is 0. The Labute approximate surface area is 141 Å². The summed E-state index contributed by atoms with van der Waals surface area (Å²) in [4.78, 5) is 7.79. The maximum Gasteiger partial charge on any atom is 0.387 e. The molecule has 136 valence electrons. The molecule has 0 aliphatic rings. The van der Waals surface area contributed by atoms with E-state index in [1.807, 2.05) is 0 Å². The van der Waals surface area contributed by atoms with Gasteiger partial charge in [-0.25, -0.2) is 4.98 Å². The zero-order valence-electron chi connectivity index (χ0n) is 13.3. The highest BCUT2D eigenvalue weighted by atomic mass is 19.3. The molecule has 0 aliphatic carbocycles. The lowest BCUT2D eigenvalue weighted by Gasteiger charge is -2.14. The Kier molecular flexibility index (Phi) is 6.61. The predicted octanol–water partition coefficient (Wildman–Crippen LogP) is 2.74. The lowest BCUT2D eigenvalue weighted by Crippen LogP contribution is -2.37. The Hall–Kier alpha value is -2.78. The van der Waals surface area contributed by atoms with Gasteiger partial charge in [0.2, 0.25) is 0 Å². The molecule has 2 rings (SSSR count). The third kappa shape index (κ3) is 5.37. The molecule has 0 saturated heterocycles. The zero-order valence-corrected chi connectivity index (χ0v) is 13.3. The first-order valence-corrected chi connectivity index (χ1v) is 7.28. The smallest absolute Gasteiger partial charge is 0.387 e. The van der Waals surface area contributed by atoms with Crippen molar-refractivity contribution in [2.24, 2.45) is 4.99 Å². The van der Waals surface area contributed by atoms with Crippen LogP contribution >= 0.6 is 0 Å². The molecule has 0 radical (unpaired) electrons. The number of guanidine groups is 1. The Balaban J connectivity index is 1.94. The number of halogens is 4. The van der Waals surface area contributed by atoms with Crippen LogP contribution in [0.5, 0.6) is 5.75 Å². The van der Waals surface area contributed by atoms with Gasteiger partial charge in [0.05, 0.1) is 6.54 Å². The van der Waals surface area contributed by atoms with Crippen LogP contribution in [0.2, 0.25) is 0 Å². The minimum atomic E-state index is -2.92. The van der Waals surface area contributed by atoms with Crippen LogP contribution in [-0.4, -0.2) is 29.2 Å². The van der Waals surface area contributed by atoms with Crippen LogP contribution < -0.4 is 15.4 Å². The number of rotatable bonds is 7. The van der Waals surface area contributed by atoms with Gasteiger partial charge in [-0.2, -0.15) is 17.6 Å². The minimum absolute atomic E-state index is 0.0200. The molecule has 2 N–H and O–H groups in total. The fourth-order valence-electron chi connectivity index (χ4n) is 2.08. The molecule has 0 fully saturated rings. The Bertz CT molecular complexity index is 705. The van der Waals surface area contributed by atoms with E-state index in [1.54, 1.807) is 18.2 Å². The maximum atomic E-state index is 12.8. The number of nitrogens with zero attached hydrogens (tertiary/aromatic N) is 3. The second-order valence-electron chi connectivity index (χ2n) is 4.79. The molecule has 2 aromatic rings. The van der Waals surface area contributed by atoms with Gasteiger partial charge in [0, 0.05) is 31.5 Å². The van der Waals surface area contributed by atoms with E-state index in [0.29, 0.717) is 11.5 Å². The predicted molar refractivity (Wildman–Crippen MR) is 83.6 cm³/mol. The summed E-state index contributed by atoms with van der Waals surface area (Å²) < 4.78 is 55.5. The molecule has 1 aromatic heterocycles. The van der Waals surface area contributed by atoms with E-state index in [4.69, 9.17) is 0 Å². The van der Waals surface area contributed by atoms with Gasteiger partial charge in [-0.1, -0.05) is 18.2 Å². The first-order chi connectivity index (χ1) is 12.0. The van der Waals surface area contributed by atoms with Gasteiger partial charge in [0.1, 0.15) is 11.6 Å². The van der Waals surface area contributed by atoms with Crippen LogP contribution in [0.3, 0.4) is 0 Å². The topological polar surface area (TPSA) is 63.5 Å². The van der Waals surface area contributed by atoms with Gasteiger partial charge in [-0.15, -0.1) is 0 Å². The largest absolute Gasteiger partial charge is 0.434 e. The van der Waals surface area contributed by atoms with Gasteiger partial charge < -0.3 is 15.4 Å². The number of hydrogen-bond acceptors (Lipinski definition) is 3. The van der Waals surface area contributed by atoms with Gasteiger partial charge >= 0.3 is 13.2 Å². The molecule has 0 amide bonds. The Morgan fingerprint density at radius 1 is 1.20 bits per heavy atom. The maximum absolute atomic E-state index is 12.8. The van der Waals surface area contributed by atoms with E-state index in [2.05, 4.69) is 25.3 Å². The average Bonchev–Trinajstić information content (AvgIpc) is 3.04. The molecular formula is C15H17F4N5O. The van der Waals surface area contributed by atoms with Crippen molar-refractivity contribution in [3.63, 3.8) is 0 Å². The van der Waals surface area contributed by atoms with Crippen molar-refractivity contribution in [1.82, 2.24) is 20.2 Å². The van der Waals surface area contributed by atoms with E-state index in [1.165, 1.54) is 25.5 Å². The fourth-order valence-corrected chi connectivity index (χ4v) is 2.08. The molecule has 0 atom stereocenters. The van der Waals surface area contributed by atoms with E-state index < -0.39 is 13.2 Å². The fraction of sp³-hybridized carbons (Fsp3) is 0.333. The van der Waals surface area contributed by atoms with Crippen LogP contribution in [-0.2, 0) is 13.1 Å². The first-order valence-electron chi connectivity index (χ1n) is 7.28. The second kappa shape index (κ2) is 8.90. The highest BCUT2D eigenvalue weighted by Crippen LogP contribution is 2.19. The van der Waals surface area contributed by atoms with Crippen LogP contribution in [0.1, 0.15) is 17.9 Å². The van der Waals surface area contributed by atoms with Gasteiger partial charge in [-0.3, -0.25) is 9.56 Å². The van der Waals surface area contributed by atoms with Gasteiger partial charge in [0.25, 0.3) is 0 Å². The number of para-hydroxylation sites is 1. The SMILES string of the molecule is CN=C(NCc1ccccc1OC(F)F)NCc1nccn1C(F)F. The molecule has 0 bridgehead atoms. The average molecular weight is 359 g/mol. The van der Waals surface area contributed by atoms with Gasteiger partial charge in [0.15, 0.2) is 5.96 Å². The standard InChI is InChI=1S/C15H17F4N5O/c1-20-15(23-9-12-21-6-7-24(12)13(16)17)22-8-10-4-2-3-5-11(10)25-14(18)19/h2-7,13-14H,8-9H2,1H3,(H2,20,22,23). The Morgan fingerprint density at radius 3 is 2.60 bits per heavy atom. The molecule has 0 unspecified atom stereocenters. The summed E-state index contributed by atoms with van der Waals surface area (Å²) in [6.07, 6.45) is 2.45. The van der Waals surface area contributed by atoms with Crippen molar-refractivity contribution < 1.29 is 22.3 Å². The van der Waals surface area contributed by atoms with Crippen molar-refractivity contribution in [1.29, 1.82) is 0 Å². The lowest BCUT2D eigenvalue weighted by molar-refractivity contribution is -0.0504. The first kappa shape index (κ1) is 18.6.